The summed E-state index contributed by atoms with van der Waals surface area (Å²) in [4.78, 5) is 17.0. The standard InChI is InChI=1S/C18H32N6O/c1-14-4-10-23(11-5-14)18(25)15(2)24-13-17(20-21-24)12-19-16-6-8-22(3)9-7-16/h13-16,19H,4-12H2,1-3H3. The van der Waals surface area contributed by atoms with Crippen LogP contribution >= 0.6 is 0 Å². The quantitative estimate of drug-likeness (QED) is 0.868. The van der Waals surface area contributed by atoms with Crippen LogP contribution in [-0.4, -0.2) is 70.0 Å². The summed E-state index contributed by atoms with van der Waals surface area (Å²) in [6.45, 7) is 8.91. The summed E-state index contributed by atoms with van der Waals surface area (Å²) in [6, 6.07) is 0.272. The van der Waals surface area contributed by atoms with E-state index >= 15 is 0 Å². The molecule has 7 heteroatoms. The molecule has 0 bridgehead atoms. The van der Waals surface area contributed by atoms with Crippen LogP contribution in [0.2, 0.25) is 0 Å². The summed E-state index contributed by atoms with van der Waals surface area (Å²) < 4.78 is 1.71. The molecule has 140 valence electrons. The number of amides is 1. The number of nitrogens with zero attached hydrogens (tertiary/aromatic N) is 5. The third kappa shape index (κ3) is 4.79. The average molecular weight is 348 g/mol. The molecule has 25 heavy (non-hydrogen) atoms. The molecule has 1 aromatic rings. The minimum Gasteiger partial charge on any atom is -0.341 e. The topological polar surface area (TPSA) is 66.3 Å². The molecule has 7 nitrogen and oxygen atoms in total. The third-order valence-electron chi connectivity index (χ3n) is 5.70. The molecule has 0 saturated carbocycles. The van der Waals surface area contributed by atoms with Crippen LogP contribution in [0, 0.1) is 5.92 Å². The minimum atomic E-state index is -0.280. The molecule has 2 aliphatic heterocycles. The predicted molar refractivity (Wildman–Crippen MR) is 97.1 cm³/mol. The first-order valence-corrected chi connectivity index (χ1v) is 9.64. The minimum absolute atomic E-state index is 0.159. The van der Waals surface area contributed by atoms with Crippen molar-refractivity contribution in [3.05, 3.63) is 11.9 Å². The zero-order valence-electron chi connectivity index (χ0n) is 15.8. The number of nitrogens with one attached hydrogen (secondary N) is 1. The van der Waals surface area contributed by atoms with E-state index in [-0.39, 0.29) is 11.9 Å². The molecule has 1 aromatic heterocycles. The van der Waals surface area contributed by atoms with Gasteiger partial charge in [-0.15, -0.1) is 5.10 Å². The fourth-order valence-corrected chi connectivity index (χ4v) is 3.65. The van der Waals surface area contributed by atoms with Gasteiger partial charge in [-0.1, -0.05) is 12.1 Å². The maximum Gasteiger partial charge on any atom is 0.247 e. The van der Waals surface area contributed by atoms with Crippen molar-refractivity contribution in [3.63, 3.8) is 0 Å². The summed E-state index contributed by atoms with van der Waals surface area (Å²) in [5.74, 6) is 0.884. The van der Waals surface area contributed by atoms with Gasteiger partial charge in [-0.2, -0.15) is 0 Å². The van der Waals surface area contributed by atoms with E-state index in [0.717, 1.165) is 57.2 Å². The number of hydrogen-bond donors (Lipinski definition) is 1. The van der Waals surface area contributed by atoms with Crippen molar-refractivity contribution in [3.8, 4) is 0 Å². The van der Waals surface area contributed by atoms with Gasteiger partial charge in [-0.05, 0) is 58.7 Å². The lowest BCUT2D eigenvalue weighted by Crippen LogP contribution is -2.41. The first-order valence-electron chi connectivity index (χ1n) is 9.64. The first-order chi connectivity index (χ1) is 12.0. The highest BCUT2D eigenvalue weighted by atomic mass is 16.2. The van der Waals surface area contributed by atoms with Crippen LogP contribution in [-0.2, 0) is 11.3 Å². The highest BCUT2D eigenvalue weighted by Crippen LogP contribution is 2.19. The zero-order valence-corrected chi connectivity index (χ0v) is 15.8. The number of piperidine rings is 2. The van der Waals surface area contributed by atoms with E-state index in [1.165, 1.54) is 12.8 Å². The molecule has 1 atom stereocenters. The van der Waals surface area contributed by atoms with Gasteiger partial charge in [0, 0.05) is 25.7 Å². The summed E-state index contributed by atoms with van der Waals surface area (Å²) >= 11 is 0. The fourth-order valence-electron chi connectivity index (χ4n) is 3.65. The molecule has 2 fully saturated rings. The number of hydrogen-bond acceptors (Lipinski definition) is 5. The molecule has 0 spiro atoms. The molecule has 1 amide bonds. The molecule has 3 heterocycles. The summed E-state index contributed by atoms with van der Waals surface area (Å²) in [6.07, 6.45) is 6.46. The highest BCUT2D eigenvalue weighted by Gasteiger charge is 2.26. The predicted octanol–water partition coefficient (Wildman–Crippen LogP) is 1.28. The van der Waals surface area contributed by atoms with Gasteiger partial charge in [0.25, 0.3) is 0 Å². The van der Waals surface area contributed by atoms with E-state index < -0.39 is 0 Å². The largest absolute Gasteiger partial charge is 0.341 e. The van der Waals surface area contributed by atoms with Crippen molar-refractivity contribution < 1.29 is 4.79 Å². The van der Waals surface area contributed by atoms with Crippen LogP contribution in [0.25, 0.3) is 0 Å². The van der Waals surface area contributed by atoms with Gasteiger partial charge in [0.1, 0.15) is 6.04 Å². The van der Waals surface area contributed by atoms with E-state index in [0.29, 0.717) is 6.04 Å². The van der Waals surface area contributed by atoms with Gasteiger partial charge in [0.05, 0.1) is 11.9 Å². The van der Waals surface area contributed by atoms with Crippen LogP contribution in [0.4, 0.5) is 0 Å². The smallest absolute Gasteiger partial charge is 0.247 e. The second-order valence-corrected chi connectivity index (χ2v) is 7.83. The Kier molecular flexibility index (Phi) is 6.06. The number of carbonyl (C=O) groups is 1. The molecule has 1 unspecified atom stereocenters. The normalized spacial score (nSPS) is 22.3. The second-order valence-electron chi connectivity index (χ2n) is 7.83. The van der Waals surface area contributed by atoms with Crippen molar-refractivity contribution >= 4 is 5.91 Å². The lowest BCUT2D eigenvalue weighted by molar-refractivity contribution is -0.135. The van der Waals surface area contributed by atoms with E-state index in [1.807, 2.05) is 18.0 Å². The lowest BCUT2D eigenvalue weighted by Gasteiger charge is -2.32. The second kappa shape index (κ2) is 8.27. The first kappa shape index (κ1) is 18.3. The number of likely N-dealkylation sites (tertiary alicyclic amines) is 2. The number of aromatic nitrogens is 3. The third-order valence-corrected chi connectivity index (χ3v) is 5.70. The number of rotatable bonds is 5. The Morgan fingerprint density at radius 1 is 1.24 bits per heavy atom. The maximum absolute atomic E-state index is 12.7. The molecule has 2 saturated heterocycles. The van der Waals surface area contributed by atoms with Gasteiger partial charge in [0.2, 0.25) is 5.91 Å². The fraction of sp³-hybridized carbons (Fsp3) is 0.833. The molecule has 0 aliphatic carbocycles. The average Bonchev–Trinajstić information content (AvgIpc) is 3.10. The van der Waals surface area contributed by atoms with Crippen molar-refractivity contribution in [2.45, 2.75) is 58.2 Å². The van der Waals surface area contributed by atoms with Gasteiger partial charge < -0.3 is 15.1 Å². The molecule has 0 radical (unpaired) electrons. The van der Waals surface area contributed by atoms with Gasteiger partial charge in [-0.25, -0.2) is 4.68 Å². The summed E-state index contributed by atoms with van der Waals surface area (Å²) in [7, 11) is 2.17. The van der Waals surface area contributed by atoms with Crippen LogP contribution < -0.4 is 5.32 Å². The highest BCUT2D eigenvalue weighted by molar-refractivity contribution is 5.80. The van der Waals surface area contributed by atoms with E-state index in [4.69, 9.17) is 0 Å². The molecular weight excluding hydrogens is 316 g/mol. The molecule has 2 aliphatic rings. The molecule has 3 rings (SSSR count). The van der Waals surface area contributed by atoms with E-state index in [2.05, 4.69) is 34.5 Å². The van der Waals surface area contributed by atoms with Crippen molar-refractivity contribution in [2.75, 3.05) is 33.2 Å². The zero-order chi connectivity index (χ0) is 17.8. The summed E-state index contributed by atoms with van der Waals surface area (Å²) in [5, 5.41) is 12.0. The van der Waals surface area contributed by atoms with Crippen molar-refractivity contribution in [2.24, 2.45) is 5.92 Å². The monoisotopic (exact) mass is 348 g/mol. The Balaban J connectivity index is 1.49. The van der Waals surface area contributed by atoms with Crippen LogP contribution in [0.15, 0.2) is 6.20 Å². The molecular formula is C18H32N6O. The van der Waals surface area contributed by atoms with Gasteiger partial charge in [0.15, 0.2) is 0 Å². The Bertz CT molecular complexity index is 558. The van der Waals surface area contributed by atoms with Crippen LogP contribution in [0.3, 0.4) is 0 Å². The number of carbonyl (C=O) groups excluding carboxylic acids is 1. The maximum atomic E-state index is 12.7. The Morgan fingerprint density at radius 3 is 2.60 bits per heavy atom. The van der Waals surface area contributed by atoms with Crippen molar-refractivity contribution in [1.29, 1.82) is 0 Å². The lowest BCUT2D eigenvalue weighted by atomic mass is 9.99. The molecule has 1 N–H and O–H groups in total. The van der Waals surface area contributed by atoms with E-state index in [1.54, 1.807) is 4.68 Å². The SMILES string of the molecule is CC1CCN(C(=O)C(C)n2cc(CNC3CCN(C)CC3)nn2)CC1. The molecule has 0 aromatic carbocycles. The van der Waals surface area contributed by atoms with Crippen LogP contribution in [0.5, 0.6) is 0 Å². The van der Waals surface area contributed by atoms with Gasteiger partial charge in [-0.3, -0.25) is 4.79 Å². The Hall–Kier alpha value is -1.47. The summed E-state index contributed by atoms with van der Waals surface area (Å²) in [5.41, 5.74) is 0.908. The van der Waals surface area contributed by atoms with E-state index in [9.17, 15) is 4.79 Å². The Morgan fingerprint density at radius 2 is 1.92 bits per heavy atom. The van der Waals surface area contributed by atoms with Crippen LogP contribution in [0.1, 0.15) is 51.3 Å². The van der Waals surface area contributed by atoms with Gasteiger partial charge >= 0.3 is 0 Å². The van der Waals surface area contributed by atoms with Crippen molar-refractivity contribution in [1.82, 2.24) is 30.1 Å². The Labute approximate surface area is 150 Å².